The molecule has 1 aromatic rings. The summed E-state index contributed by atoms with van der Waals surface area (Å²) in [7, 11) is 1.87. The van der Waals surface area contributed by atoms with Crippen molar-refractivity contribution < 1.29 is 4.74 Å². The molecule has 0 radical (unpaired) electrons. The Morgan fingerprint density at radius 3 is 2.95 bits per heavy atom. The van der Waals surface area contributed by atoms with Gasteiger partial charge in [-0.2, -0.15) is 0 Å². The summed E-state index contributed by atoms with van der Waals surface area (Å²) in [5.41, 5.74) is 0.451. The summed E-state index contributed by atoms with van der Waals surface area (Å²) in [4.78, 5) is 12.7. The average molecular weight is 322 g/mol. The van der Waals surface area contributed by atoms with Gasteiger partial charge in [0.1, 0.15) is 5.01 Å². The van der Waals surface area contributed by atoms with Crippen molar-refractivity contribution in [2.75, 3.05) is 33.4 Å². The Morgan fingerprint density at radius 1 is 1.45 bits per heavy atom. The summed E-state index contributed by atoms with van der Waals surface area (Å²) in [6, 6.07) is 0. The summed E-state index contributed by atoms with van der Waals surface area (Å²) in [5, 5.41) is 4.62. The lowest BCUT2D eigenvalue weighted by Gasteiger charge is -2.33. The number of likely N-dealkylation sites (tertiary alicyclic amines) is 1. The van der Waals surface area contributed by atoms with Crippen molar-refractivity contribution >= 4 is 17.3 Å². The van der Waals surface area contributed by atoms with Gasteiger partial charge in [-0.05, 0) is 31.1 Å². The van der Waals surface area contributed by atoms with Gasteiger partial charge in [-0.3, -0.25) is 4.99 Å². The zero-order chi connectivity index (χ0) is 15.4. The van der Waals surface area contributed by atoms with E-state index in [4.69, 9.17) is 4.74 Å². The maximum atomic E-state index is 5.53. The highest BCUT2D eigenvalue weighted by Gasteiger charge is 2.40. The van der Waals surface area contributed by atoms with Crippen molar-refractivity contribution in [2.24, 2.45) is 10.4 Å². The van der Waals surface area contributed by atoms with Gasteiger partial charge in [-0.25, -0.2) is 4.98 Å². The Morgan fingerprint density at radius 2 is 2.27 bits per heavy atom. The topological polar surface area (TPSA) is 49.8 Å². The molecule has 0 aromatic carbocycles. The summed E-state index contributed by atoms with van der Waals surface area (Å²) in [5.74, 6) is 1.01. The van der Waals surface area contributed by atoms with Gasteiger partial charge < -0.3 is 15.0 Å². The van der Waals surface area contributed by atoms with Crippen molar-refractivity contribution in [1.29, 1.82) is 0 Å². The summed E-state index contributed by atoms with van der Waals surface area (Å²) < 4.78 is 5.53. The van der Waals surface area contributed by atoms with Crippen molar-refractivity contribution in [3.8, 4) is 0 Å². The molecule has 2 aliphatic rings. The van der Waals surface area contributed by atoms with E-state index in [2.05, 4.69) is 27.1 Å². The summed E-state index contributed by atoms with van der Waals surface area (Å²) >= 11 is 1.79. The lowest BCUT2D eigenvalue weighted by atomic mass is 9.80. The zero-order valence-electron chi connectivity index (χ0n) is 13.6. The van der Waals surface area contributed by atoms with Gasteiger partial charge in [0.15, 0.2) is 5.96 Å². The molecule has 0 aliphatic carbocycles. The van der Waals surface area contributed by atoms with Crippen molar-refractivity contribution in [1.82, 2.24) is 15.2 Å². The van der Waals surface area contributed by atoms with Crippen molar-refractivity contribution in [3.63, 3.8) is 0 Å². The summed E-state index contributed by atoms with van der Waals surface area (Å²) in [6.45, 7) is 6.97. The van der Waals surface area contributed by atoms with Crippen molar-refractivity contribution in [2.45, 2.75) is 39.2 Å². The van der Waals surface area contributed by atoms with Crippen LogP contribution in [0.15, 0.2) is 11.2 Å². The third-order valence-corrected chi connectivity index (χ3v) is 5.99. The number of aliphatic imine (C=N–C) groups is 1. The number of rotatable bonds is 3. The second-order valence-electron chi connectivity index (χ2n) is 6.26. The van der Waals surface area contributed by atoms with Gasteiger partial charge in [-0.1, -0.05) is 6.92 Å². The SMILES string of the molecule is CCc1cnc(CNC(=NC)N2CCC3(CCOCC3)C2)s1. The van der Waals surface area contributed by atoms with Crippen LogP contribution in [0.3, 0.4) is 0 Å². The molecule has 22 heavy (non-hydrogen) atoms. The molecule has 1 aromatic heterocycles. The van der Waals surface area contributed by atoms with E-state index in [-0.39, 0.29) is 0 Å². The van der Waals surface area contributed by atoms with Crippen LogP contribution in [-0.2, 0) is 17.7 Å². The molecule has 0 bridgehead atoms. The van der Waals surface area contributed by atoms with E-state index in [1.54, 1.807) is 11.3 Å². The first kappa shape index (κ1) is 15.7. The number of guanidine groups is 1. The lowest BCUT2D eigenvalue weighted by molar-refractivity contribution is 0.0217. The van der Waals surface area contributed by atoms with Crippen LogP contribution in [0.4, 0.5) is 0 Å². The van der Waals surface area contributed by atoms with Crippen LogP contribution in [-0.4, -0.2) is 49.2 Å². The number of hydrogen-bond donors (Lipinski definition) is 1. The highest BCUT2D eigenvalue weighted by Crippen LogP contribution is 2.39. The van der Waals surface area contributed by atoms with Crippen LogP contribution < -0.4 is 5.32 Å². The Bertz CT molecular complexity index is 522. The van der Waals surface area contributed by atoms with Crippen LogP contribution >= 0.6 is 11.3 Å². The van der Waals surface area contributed by atoms with Crippen LogP contribution in [0.2, 0.25) is 0 Å². The van der Waals surface area contributed by atoms with E-state index in [9.17, 15) is 0 Å². The number of hydrogen-bond acceptors (Lipinski definition) is 4. The Balaban J connectivity index is 1.56. The lowest BCUT2D eigenvalue weighted by Crippen LogP contribution is -2.41. The van der Waals surface area contributed by atoms with E-state index in [0.29, 0.717) is 5.41 Å². The molecule has 2 aliphatic heterocycles. The van der Waals surface area contributed by atoms with E-state index in [0.717, 1.165) is 50.2 Å². The van der Waals surface area contributed by atoms with Gasteiger partial charge in [0.2, 0.25) is 0 Å². The smallest absolute Gasteiger partial charge is 0.194 e. The zero-order valence-corrected chi connectivity index (χ0v) is 14.4. The van der Waals surface area contributed by atoms with Gasteiger partial charge in [0.05, 0.1) is 6.54 Å². The second kappa shape index (κ2) is 6.96. The number of nitrogens with one attached hydrogen (secondary N) is 1. The van der Waals surface area contributed by atoms with Gasteiger partial charge in [-0.15, -0.1) is 11.3 Å². The van der Waals surface area contributed by atoms with Crippen LogP contribution in [0.5, 0.6) is 0 Å². The quantitative estimate of drug-likeness (QED) is 0.685. The minimum Gasteiger partial charge on any atom is -0.381 e. The highest BCUT2D eigenvalue weighted by molar-refractivity contribution is 7.11. The molecule has 2 fully saturated rings. The molecule has 6 heteroatoms. The van der Waals surface area contributed by atoms with Gasteiger partial charge in [0.25, 0.3) is 0 Å². The largest absolute Gasteiger partial charge is 0.381 e. The molecule has 122 valence electrons. The fraction of sp³-hybridized carbons (Fsp3) is 0.750. The van der Waals surface area contributed by atoms with Crippen molar-refractivity contribution in [3.05, 3.63) is 16.1 Å². The Labute approximate surface area is 136 Å². The molecule has 0 unspecified atom stereocenters. The fourth-order valence-corrected chi connectivity index (χ4v) is 4.21. The van der Waals surface area contributed by atoms with E-state index < -0.39 is 0 Å². The predicted octanol–water partition coefficient (Wildman–Crippen LogP) is 2.28. The molecule has 5 nitrogen and oxygen atoms in total. The minimum absolute atomic E-state index is 0.451. The number of nitrogens with zero attached hydrogens (tertiary/aromatic N) is 3. The number of aryl methyl sites for hydroxylation is 1. The van der Waals surface area contributed by atoms with E-state index >= 15 is 0 Å². The average Bonchev–Trinajstić information content (AvgIpc) is 3.17. The first-order chi connectivity index (χ1) is 10.7. The first-order valence-electron chi connectivity index (χ1n) is 8.21. The third-order valence-electron chi connectivity index (χ3n) is 4.85. The second-order valence-corrected chi connectivity index (χ2v) is 7.46. The van der Waals surface area contributed by atoms with Crippen LogP contribution in [0.25, 0.3) is 0 Å². The molecular formula is C16H26N4OS. The monoisotopic (exact) mass is 322 g/mol. The predicted molar refractivity (Wildman–Crippen MR) is 90.4 cm³/mol. The van der Waals surface area contributed by atoms with Crippen LogP contribution in [0, 0.1) is 5.41 Å². The Kier molecular flexibility index (Phi) is 4.98. The van der Waals surface area contributed by atoms with Crippen LogP contribution in [0.1, 0.15) is 36.1 Å². The number of ether oxygens (including phenoxy) is 1. The molecule has 3 rings (SSSR count). The van der Waals surface area contributed by atoms with Gasteiger partial charge in [0, 0.05) is 44.4 Å². The molecular weight excluding hydrogens is 296 g/mol. The first-order valence-corrected chi connectivity index (χ1v) is 9.03. The fourth-order valence-electron chi connectivity index (χ4n) is 3.41. The number of aromatic nitrogens is 1. The Hall–Kier alpha value is -1.14. The molecule has 1 spiro atoms. The van der Waals surface area contributed by atoms with E-state index in [1.807, 2.05) is 13.2 Å². The maximum absolute atomic E-state index is 5.53. The maximum Gasteiger partial charge on any atom is 0.194 e. The highest BCUT2D eigenvalue weighted by atomic mass is 32.1. The molecule has 0 atom stereocenters. The normalized spacial score (nSPS) is 21.5. The molecule has 3 heterocycles. The minimum atomic E-state index is 0.451. The van der Waals surface area contributed by atoms with E-state index in [1.165, 1.54) is 24.1 Å². The standard InChI is InChI=1S/C16H26N4OS/c1-3-13-10-18-14(22-13)11-19-15(17-2)20-7-4-16(12-20)5-8-21-9-6-16/h10H,3-9,11-12H2,1-2H3,(H,17,19). The third kappa shape index (κ3) is 3.43. The number of thiazole rings is 1. The van der Waals surface area contributed by atoms with Gasteiger partial charge >= 0.3 is 0 Å². The molecule has 0 amide bonds. The molecule has 1 N–H and O–H groups in total. The summed E-state index contributed by atoms with van der Waals surface area (Å²) in [6.07, 6.45) is 6.67. The molecule has 2 saturated heterocycles. The molecule has 0 saturated carbocycles.